The Balaban J connectivity index is 1.63. The van der Waals surface area contributed by atoms with Crippen molar-refractivity contribution in [3.05, 3.63) is 41.6 Å². The minimum absolute atomic E-state index is 0.117. The van der Waals surface area contributed by atoms with Crippen LogP contribution in [0.2, 0.25) is 0 Å². The first-order valence-electron chi connectivity index (χ1n) is 8.63. The van der Waals surface area contributed by atoms with Gasteiger partial charge < -0.3 is 5.32 Å². The third-order valence-corrected chi connectivity index (χ3v) is 6.61. The van der Waals surface area contributed by atoms with E-state index in [1.54, 1.807) is 17.8 Å². The van der Waals surface area contributed by atoms with Crippen LogP contribution in [0.25, 0.3) is 0 Å². The predicted molar refractivity (Wildman–Crippen MR) is 99.2 cm³/mol. The van der Waals surface area contributed by atoms with Gasteiger partial charge >= 0.3 is 0 Å². The van der Waals surface area contributed by atoms with Gasteiger partial charge in [-0.1, -0.05) is 0 Å². The molecule has 0 aliphatic carbocycles. The number of hydrogen-bond donors (Lipinski definition) is 1. The molecule has 2 heterocycles. The van der Waals surface area contributed by atoms with Crippen LogP contribution >= 0.6 is 0 Å². The molecule has 0 saturated carbocycles. The first-order valence-corrected chi connectivity index (χ1v) is 10.1. The summed E-state index contributed by atoms with van der Waals surface area (Å²) in [6, 6.07) is 9.63. The molecule has 3 rings (SSSR count). The number of amides is 1. The quantitative estimate of drug-likeness (QED) is 0.858. The fourth-order valence-corrected chi connectivity index (χ4v) is 4.63. The van der Waals surface area contributed by atoms with Crippen LogP contribution in [0.3, 0.4) is 0 Å². The molecule has 27 heavy (non-hydrogen) atoms. The van der Waals surface area contributed by atoms with Gasteiger partial charge in [-0.05, 0) is 44.0 Å². The van der Waals surface area contributed by atoms with Crippen molar-refractivity contribution >= 4 is 21.7 Å². The van der Waals surface area contributed by atoms with Crippen LogP contribution < -0.4 is 5.32 Å². The number of nitrogens with one attached hydrogen (secondary N) is 1. The fraction of sp³-hybridized carbons (Fsp3) is 0.389. The number of aromatic nitrogens is 2. The molecule has 1 aromatic heterocycles. The van der Waals surface area contributed by atoms with E-state index in [1.807, 2.05) is 13.0 Å². The maximum absolute atomic E-state index is 12.7. The Morgan fingerprint density at radius 1 is 1.26 bits per heavy atom. The molecular formula is C18H21N5O3S. The molecule has 1 N–H and O–H groups in total. The smallest absolute Gasteiger partial charge is 0.243 e. The molecule has 0 unspecified atom stereocenters. The third kappa shape index (κ3) is 4.02. The summed E-state index contributed by atoms with van der Waals surface area (Å²) in [5.74, 6) is 0.270. The van der Waals surface area contributed by atoms with Crippen molar-refractivity contribution in [3.8, 4) is 6.07 Å². The monoisotopic (exact) mass is 387 g/mol. The van der Waals surface area contributed by atoms with Crippen LogP contribution in [-0.2, 0) is 21.9 Å². The van der Waals surface area contributed by atoms with Gasteiger partial charge in [-0.25, -0.2) is 8.42 Å². The Morgan fingerprint density at radius 3 is 2.41 bits per heavy atom. The van der Waals surface area contributed by atoms with Crippen molar-refractivity contribution in [2.45, 2.75) is 24.7 Å². The molecule has 2 aromatic rings. The molecular weight excluding hydrogens is 366 g/mol. The number of nitrogens with zero attached hydrogens (tertiary/aromatic N) is 4. The van der Waals surface area contributed by atoms with Gasteiger partial charge in [0.05, 0.1) is 22.2 Å². The molecule has 142 valence electrons. The second kappa shape index (κ2) is 7.50. The standard InChI is InChI=1S/C18H21N5O3S/c1-13-11-17(22(2)21-13)20-18(24)15-7-9-23(10-8-15)27(25,26)16-5-3-14(12-19)4-6-16/h3-6,11,15H,7-10H2,1-2H3,(H,20,24). The SMILES string of the molecule is Cc1cc(NC(=O)C2CCN(S(=O)(=O)c3ccc(C#N)cc3)CC2)n(C)n1. The summed E-state index contributed by atoms with van der Waals surface area (Å²) in [6.45, 7) is 2.41. The van der Waals surface area contributed by atoms with E-state index in [0.29, 0.717) is 24.2 Å². The normalized spacial score (nSPS) is 16.0. The van der Waals surface area contributed by atoms with E-state index in [0.717, 1.165) is 5.69 Å². The summed E-state index contributed by atoms with van der Waals surface area (Å²) >= 11 is 0. The Bertz CT molecular complexity index is 981. The van der Waals surface area contributed by atoms with E-state index in [4.69, 9.17) is 5.26 Å². The van der Waals surface area contributed by atoms with Crippen LogP contribution in [0, 0.1) is 24.2 Å². The van der Waals surface area contributed by atoms with Crippen LogP contribution in [0.1, 0.15) is 24.1 Å². The topological polar surface area (TPSA) is 108 Å². The lowest BCUT2D eigenvalue weighted by Gasteiger charge is -2.30. The number of nitriles is 1. The average molecular weight is 387 g/mol. The lowest BCUT2D eigenvalue weighted by Crippen LogP contribution is -2.41. The lowest BCUT2D eigenvalue weighted by molar-refractivity contribution is -0.121. The predicted octanol–water partition coefficient (Wildman–Crippen LogP) is 1.64. The fourth-order valence-electron chi connectivity index (χ4n) is 3.16. The van der Waals surface area contributed by atoms with Crippen molar-refractivity contribution in [1.82, 2.24) is 14.1 Å². The van der Waals surface area contributed by atoms with Gasteiger partial charge in [0, 0.05) is 32.1 Å². The number of carbonyl (C=O) groups excluding carboxylic acids is 1. The van der Waals surface area contributed by atoms with E-state index >= 15 is 0 Å². The van der Waals surface area contributed by atoms with E-state index in [1.165, 1.54) is 28.6 Å². The second-order valence-corrected chi connectivity index (χ2v) is 8.54. The Labute approximate surface area is 158 Å². The molecule has 1 saturated heterocycles. The van der Waals surface area contributed by atoms with Crippen molar-refractivity contribution in [3.63, 3.8) is 0 Å². The molecule has 1 amide bonds. The maximum atomic E-state index is 12.7. The zero-order chi connectivity index (χ0) is 19.6. The van der Waals surface area contributed by atoms with Gasteiger partial charge in [0.2, 0.25) is 15.9 Å². The van der Waals surface area contributed by atoms with Crippen LogP contribution in [-0.4, -0.2) is 41.5 Å². The molecule has 0 bridgehead atoms. The minimum Gasteiger partial charge on any atom is -0.311 e. The minimum atomic E-state index is -3.62. The Morgan fingerprint density at radius 2 is 1.89 bits per heavy atom. The summed E-state index contributed by atoms with van der Waals surface area (Å²) < 4.78 is 28.5. The molecule has 0 atom stereocenters. The van der Waals surface area contributed by atoms with E-state index < -0.39 is 10.0 Å². The Kier molecular flexibility index (Phi) is 5.30. The van der Waals surface area contributed by atoms with E-state index in [-0.39, 0.29) is 29.8 Å². The van der Waals surface area contributed by atoms with Crippen molar-refractivity contribution < 1.29 is 13.2 Å². The van der Waals surface area contributed by atoms with Crippen LogP contribution in [0.5, 0.6) is 0 Å². The second-order valence-electron chi connectivity index (χ2n) is 6.60. The summed E-state index contributed by atoms with van der Waals surface area (Å²) in [7, 11) is -1.86. The molecule has 1 aromatic carbocycles. The third-order valence-electron chi connectivity index (χ3n) is 4.70. The number of benzene rings is 1. The van der Waals surface area contributed by atoms with Gasteiger partial charge in [-0.15, -0.1) is 0 Å². The lowest BCUT2D eigenvalue weighted by atomic mass is 9.97. The van der Waals surface area contributed by atoms with Gasteiger partial charge in [-0.2, -0.15) is 14.7 Å². The first-order chi connectivity index (χ1) is 12.8. The number of carbonyl (C=O) groups is 1. The van der Waals surface area contributed by atoms with E-state index in [2.05, 4.69) is 10.4 Å². The highest BCUT2D eigenvalue weighted by atomic mass is 32.2. The zero-order valence-corrected chi connectivity index (χ0v) is 16.0. The van der Waals surface area contributed by atoms with Crippen molar-refractivity contribution in [2.24, 2.45) is 13.0 Å². The van der Waals surface area contributed by atoms with Crippen LogP contribution in [0.15, 0.2) is 35.2 Å². The number of piperidine rings is 1. The summed E-state index contributed by atoms with van der Waals surface area (Å²) in [6.07, 6.45) is 0.913. The zero-order valence-electron chi connectivity index (χ0n) is 15.2. The molecule has 9 heteroatoms. The summed E-state index contributed by atoms with van der Waals surface area (Å²) in [4.78, 5) is 12.6. The molecule has 0 radical (unpaired) electrons. The van der Waals surface area contributed by atoms with Gasteiger partial charge in [0.25, 0.3) is 0 Å². The molecule has 8 nitrogen and oxygen atoms in total. The van der Waals surface area contributed by atoms with Gasteiger partial charge in [-0.3, -0.25) is 9.48 Å². The highest BCUT2D eigenvalue weighted by Gasteiger charge is 2.32. The van der Waals surface area contributed by atoms with Gasteiger partial charge in [0.15, 0.2) is 0 Å². The summed E-state index contributed by atoms with van der Waals surface area (Å²) in [5.41, 5.74) is 1.23. The van der Waals surface area contributed by atoms with Crippen molar-refractivity contribution in [2.75, 3.05) is 18.4 Å². The molecule has 1 fully saturated rings. The first kappa shape index (κ1) is 19.1. The maximum Gasteiger partial charge on any atom is 0.243 e. The van der Waals surface area contributed by atoms with Crippen LogP contribution in [0.4, 0.5) is 5.82 Å². The molecule has 1 aliphatic heterocycles. The van der Waals surface area contributed by atoms with E-state index in [9.17, 15) is 13.2 Å². The van der Waals surface area contributed by atoms with Gasteiger partial charge in [0.1, 0.15) is 5.82 Å². The number of rotatable bonds is 4. The molecule has 1 aliphatic rings. The average Bonchev–Trinajstić information content (AvgIpc) is 2.98. The number of sulfonamides is 1. The number of hydrogen-bond acceptors (Lipinski definition) is 5. The highest BCUT2D eigenvalue weighted by Crippen LogP contribution is 2.25. The number of anilines is 1. The Hall–Kier alpha value is -2.70. The van der Waals surface area contributed by atoms with Crippen molar-refractivity contribution in [1.29, 1.82) is 5.26 Å². The number of aryl methyl sites for hydroxylation is 2. The largest absolute Gasteiger partial charge is 0.311 e. The summed E-state index contributed by atoms with van der Waals surface area (Å²) in [5, 5.41) is 15.9. The highest BCUT2D eigenvalue weighted by molar-refractivity contribution is 7.89. The molecule has 0 spiro atoms.